The van der Waals surface area contributed by atoms with Crippen molar-refractivity contribution in [3.63, 3.8) is 0 Å². The number of amides is 1. The minimum absolute atomic E-state index is 0.356. The molecule has 1 amide bonds. The number of hydrogen-bond donors (Lipinski definition) is 0. The number of hydrogen-bond acceptors (Lipinski definition) is 3. The van der Waals surface area contributed by atoms with Crippen molar-refractivity contribution in [1.29, 1.82) is 0 Å². The van der Waals surface area contributed by atoms with Gasteiger partial charge in [0, 0.05) is 19.3 Å². The van der Waals surface area contributed by atoms with Gasteiger partial charge in [-0.15, -0.1) is 0 Å². The van der Waals surface area contributed by atoms with Crippen LogP contribution in [0.2, 0.25) is 0 Å². The third-order valence-corrected chi connectivity index (χ3v) is 2.40. The van der Waals surface area contributed by atoms with Crippen molar-refractivity contribution >= 4 is 11.8 Å². The van der Waals surface area contributed by atoms with E-state index >= 15 is 0 Å². The molecule has 110 valence electrons. The molecule has 0 atom stereocenters. The summed E-state index contributed by atoms with van der Waals surface area (Å²) in [5.74, 6) is 0. The fraction of sp³-hybridized carbons (Fsp3) is 0.438. The van der Waals surface area contributed by atoms with Gasteiger partial charge in [0.2, 0.25) is 0 Å². The Hall–Kier alpha value is -1.81. The smallest absolute Gasteiger partial charge is 0.415 e. The maximum Gasteiger partial charge on any atom is 0.415 e. The van der Waals surface area contributed by atoms with E-state index in [1.165, 1.54) is 0 Å². The van der Waals surface area contributed by atoms with E-state index < -0.39 is 5.60 Å². The van der Waals surface area contributed by atoms with Crippen LogP contribution >= 0.6 is 0 Å². The summed E-state index contributed by atoms with van der Waals surface area (Å²) in [5.41, 5.74) is 0.296. The SMILES string of the molecule is COC/C=C\CN(C(=O)OC(C)(C)C)c1ccccc1. The highest BCUT2D eigenvalue weighted by Gasteiger charge is 2.22. The zero-order valence-electron chi connectivity index (χ0n) is 12.6. The number of carbonyl (C=O) groups is 1. The normalized spacial score (nSPS) is 11.6. The van der Waals surface area contributed by atoms with Crippen molar-refractivity contribution in [3.05, 3.63) is 42.5 Å². The Morgan fingerprint density at radius 2 is 1.85 bits per heavy atom. The molecule has 0 aromatic heterocycles. The second kappa shape index (κ2) is 7.70. The van der Waals surface area contributed by atoms with Crippen LogP contribution in [0.4, 0.5) is 10.5 Å². The van der Waals surface area contributed by atoms with Crippen molar-refractivity contribution in [2.45, 2.75) is 26.4 Å². The Morgan fingerprint density at radius 3 is 2.40 bits per heavy atom. The minimum atomic E-state index is -0.514. The van der Waals surface area contributed by atoms with Gasteiger partial charge in [-0.05, 0) is 32.9 Å². The average molecular weight is 277 g/mol. The maximum atomic E-state index is 12.3. The van der Waals surface area contributed by atoms with E-state index in [1.54, 1.807) is 12.0 Å². The van der Waals surface area contributed by atoms with Gasteiger partial charge in [0.15, 0.2) is 0 Å². The number of anilines is 1. The van der Waals surface area contributed by atoms with E-state index in [0.717, 1.165) is 5.69 Å². The van der Waals surface area contributed by atoms with Crippen LogP contribution in [0, 0.1) is 0 Å². The summed E-state index contributed by atoms with van der Waals surface area (Å²) in [6.45, 7) is 6.54. The molecule has 1 aromatic carbocycles. The van der Waals surface area contributed by atoms with Gasteiger partial charge in [-0.3, -0.25) is 4.90 Å². The summed E-state index contributed by atoms with van der Waals surface area (Å²) < 4.78 is 10.4. The maximum absolute atomic E-state index is 12.3. The van der Waals surface area contributed by atoms with Crippen LogP contribution in [0.1, 0.15) is 20.8 Å². The van der Waals surface area contributed by atoms with Crippen LogP contribution < -0.4 is 4.90 Å². The minimum Gasteiger partial charge on any atom is -0.443 e. The largest absolute Gasteiger partial charge is 0.443 e. The van der Waals surface area contributed by atoms with Gasteiger partial charge in [0.05, 0.1) is 6.61 Å². The second-order valence-electron chi connectivity index (χ2n) is 5.35. The van der Waals surface area contributed by atoms with Gasteiger partial charge in [-0.2, -0.15) is 0 Å². The molecular formula is C16H23NO3. The molecule has 0 aliphatic rings. The lowest BCUT2D eigenvalue weighted by Gasteiger charge is -2.26. The van der Waals surface area contributed by atoms with E-state index in [4.69, 9.17) is 9.47 Å². The molecule has 0 saturated heterocycles. The molecule has 1 rings (SSSR count). The van der Waals surface area contributed by atoms with E-state index in [0.29, 0.717) is 13.2 Å². The van der Waals surface area contributed by atoms with Gasteiger partial charge in [-0.25, -0.2) is 4.79 Å². The first-order valence-corrected chi connectivity index (χ1v) is 6.63. The molecule has 4 heteroatoms. The molecule has 0 heterocycles. The lowest BCUT2D eigenvalue weighted by molar-refractivity contribution is 0.0584. The summed E-state index contributed by atoms with van der Waals surface area (Å²) >= 11 is 0. The Morgan fingerprint density at radius 1 is 1.20 bits per heavy atom. The monoisotopic (exact) mass is 277 g/mol. The number of ether oxygens (including phenoxy) is 2. The highest BCUT2D eigenvalue weighted by Crippen LogP contribution is 2.17. The van der Waals surface area contributed by atoms with E-state index in [-0.39, 0.29) is 6.09 Å². The standard InChI is InChI=1S/C16H23NO3/c1-16(2,3)20-15(18)17(12-8-9-13-19-4)14-10-6-5-7-11-14/h5-11H,12-13H2,1-4H3/b9-8-. The van der Waals surface area contributed by atoms with Gasteiger partial charge in [-0.1, -0.05) is 30.4 Å². The molecule has 1 aromatic rings. The summed E-state index contributed by atoms with van der Waals surface area (Å²) in [6.07, 6.45) is 3.41. The third kappa shape index (κ3) is 5.89. The van der Waals surface area contributed by atoms with E-state index in [9.17, 15) is 4.79 Å². The molecule has 20 heavy (non-hydrogen) atoms. The molecule has 0 N–H and O–H groups in total. The first-order chi connectivity index (χ1) is 9.44. The van der Waals surface area contributed by atoms with Gasteiger partial charge in [0.25, 0.3) is 0 Å². The third-order valence-electron chi connectivity index (χ3n) is 2.40. The Labute approximate surface area is 121 Å². The molecule has 0 radical (unpaired) electrons. The van der Waals surface area contributed by atoms with Crippen molar-refractivity contribution in [3.8, 4) is 0 Å². The average Bonchev–Trinajstić information content (AvgIpc) is 2.37. The summed E-state index contributed by atoms with van der Waals surface area (Å²) in [6, 6.07) is 9.47. The summed E-state index contributed by atoms with van der Waals surface area (Å²) in [7, 11) is 1.63. The quantitative estimate of drug-likeness (QED) is 0.771. The van der Waals surface area contributed by atoms with Gasteiger partial charge in [0.1, 0.15) is 5.60 Å². The van der Waals surface area contributed by atoms with Crippen LogP contribution in [-0.2, 0) is 9.47 Å². The predicted molar refractivity (Wildman–Crippen MR) is 81.0 cm³/mol. The fourth-order valence-corrected chi connectivity index (χ4v) is 1.55. The molecule has 0 aliphatic heterocycles. The predicted octanol–water partition coefficient (Wildman–Crippen LogP) is 3.63. The zero-order valence-corrected chi connectivity index (χ0v) is 12.6. The lowest BCUT2D eigenvalue weighted by Crippen LogP contribution is -2.37. The van der Waals surface area contributed by atoms with Crippen LogP contribution in [0.15, 0.2) is 42.5 Å². The number of carbonyl (C=O) groups excluding carboxylic acids is 1. The Balaban J connectivity index is 2.82. The number of nitrogens with zero attached hydrogens (tertiary/aromatic N) is 1. The van der Waals surface area contributed by atoms with Crippen molar-refractivity contribution in [1.82, 2.24) is 0 Å². The van der Waals surface area contributed by atoms with Crippen LogP contribution in [0.25, 0.3) is 0 Å². The highest BCUT2D eigenvalue weighted by atomic mass is 16.6. The Bertz CT molecular complexity index is 435. The first-order valence-electron chi connectivity index (χ1n) is 6.63. The van der Waals surface area contributed by atoms with Crippen LogP contribution in [-0.4, -0.2) is 32.0 Å². The molecule has 0 unspecified atom stereocenters. The number of para-hydroxylation sites is 1. The summed E-state index contributed by atoms with van der Waals surface area (Å²) in [4.78, 5) is 13.9. The molecule has 0 bridgehead atoms. The fourth-order valence-electron chi connectivity index (χ4n) is 1.55. The molecule has 0 saturated carbocycles. The van der Waals surface area contributed by atoms with Crippen molar-refractivity contribution < 1.29 is 14.3 Å². The van der Waals surface area contributed by atoms with Gasteiger partial charge < -0.3 is 9.47 Å². The highest BCUT2D eigenvalue weighted by molar-refractivity contribution is 5.88. The topological polar surface area (TPSA) is 38.8 Å². The molecule has 0 fully saturated rings. The molecule has 4 nitrogen and oxygen atoms in total. The van der Waals surface area contributed by atoms with Crippen LogP contribution in [0.5, 0.6) is 0 Å². The van der Waals surface area contributed by atoms with Crippen LogP contribution in [0.3, 0.4) is 0 Å². The second-order valence-corrected chi connectivity index (χ2v) is 5.35. The summed E-state index contributed by atoms with van der Waals surface area (Å²) in [5, 5.41) is 0. The van der Waals surface area contributed by atoms with Crippen molar-refractivity contribution in [2.24, 2.45) is 0 Å². The lowest BCUT2D eigenvalue weighted by atomic mass is 10.2. The van der Waals surface area contributed by atoms with Crippen molar-refractivity contribution in [2.75, 3.05) is 25.2 Å². The molecule has 0 spiro atoms. The number of rotatable bonds is 5. The molecule has 0 aliphatic carbocycles. The first kappa shape index (κ1) is 16.2. The zero-order chi connectivity index (χ0) is 15.0. The van der Waals surface area contributed by atoms with E-state index in [2.05, 4.69) is 0 Å². The van der Waals surface area contributed by atoms with E-state index in [1.807, 2.05) is 63.3 Å². The molecular weight excluding hydrogens is 254 g/mol. The van der Waals surface area contributed by atoms with Gasteiger partial charge >= 0.3 is 6.09 Å². The Kier molecular flexibility index (Phi) is 6.25. The number of methoxy groups -OCH3 is 1. The number of benzene rings is 1.